The highest BCUT2D eigenvalue weighted by molar-refractivity contribution is 6.31. The maximum absolute atomic E-state index is 12.3. The molecule has 3 rings (SSSR count). The van der Waals surface area contributed by atoms with E-state index in [2.05, 4.69) is 24.1 Å². The molecular formula is C19H27ClN2O. The van der Waals surface area contributed by atoms with Gasteiger partial charge in [0.2, 0.25) is 5.91 Å². The molecule has 3 nitrogen and oxygen atoms in total. The Hall–Kier alpha value is -1.06. The summed E-state index contributed by atoms with van der Waals surface area (Å²) in [6.45, 7) is 8.67. The lowest BCUT2D eigenvalue weighted by Crippen LogP contribution is -2.43. The highest BCUT2D eigenvalue weighted by Crippen LogP contribution is 2.49. The van der Waals surface area contributed by atoms with Gasteiger partial charge < -0.3 is 10.2 Å². The third-order valence-electron chi connectivity index (χ3n) is 5.10. The zero-order valence-corrected chi connectivity index (χ0v) is 14.9. The van der Waals surface area contributed by atoms with Crippen LogP contribution in [-0.2, 0) is 4.79 Å². The molecule has 1 saturated carbocycles. The Bertz CT molecular complexity index is 552. The van der Waals surface area contributed by atoms with Crippen molar-refractivity contribution >= 4 is 17.5 Å². The van der Waals surface area contributed by atoms with Gasteiger partial charge in [0.25, 0.3) is 0 Å². The predicted molar refractivity (Wildman–Crippen MR) is 94.7 cm³/mol. The van der Waals surface area contributed by atoms with Gasteiger partial charge in [-0.05, 0) is 42.2 Å². The van der Waals surface area contributed by atoms with E-state index in [0.717, 1.165) is 55.0 Å². The highest BCUT2D eigenvalue weighted by Gasteiger charge is 2.44. The standard InChI is InChI=1S/C19H27ClN2O/c1-13-9-14(2)12-22(11-13)8-7-21-19(23)17-10-16(17)15-5-3-4-6-18(15)20/h3-6,13-14,16-17H,7-12H2,1-2H3,(H,21,23). The minimum absolute atomic E-state index is 0.106. The van der Waals surface area contributed by atoms with Gasteiger partial charge in [0, 0.05) is 37.1 Å². The molecule has 0 aromatic heterocycles. The first-order valence-corrected chi connectivity index (χ1v) is 9.17. The monoisotopic (exact) mass is 334 g/mol. The lowest BCUT2D eigenvalue weighted by atomic mass is 9.92. The molecule has 2 aliphatic rings. The average molecular weight is 335 g/mol. The van der Waals surface area contributed by atoms with E-state index in [1.54, 1.807) is 0 Å². The van der Waals surface area contributed by atoms with Crippen LogP contribution >= 0.6 is 11.6 Å². The zero-order chi connectivity index (χ0) is 16.4. The molecule has 1 saturated heterocycles. The number of halogens is 1. The van der Waals surface area contributed by atoms with Crippen LogP contribution in [0.5, 0.6) is 0 Å². The smallest absolute Gasteiger partial charge is 0.223 e. The second kappa shape index (κ2) is 7.23. The zero-order valence-electron chi connectivity index (χ0n) is 14.1. The van der Waals surface area contributed by atoms with Gasteiger partial charge in [-0.25, -0.2) is 0 Å². The molecule has 4 unspecified atom stereocenters. The van der Waals surface area contributed by atoms with E-state index >= 15 is 0 Å². The molecular weight excluding hydrogens is 308 g/mol. The van der Waals surface area contributed by atoms with Crippen molar-refractivity contribution in [3.05, 3.63) is 34.9 Å². The molecule has 0 spiro atoms. The molecule has 4 atom stereocenters. The summed E-state index contributed by atoms with van der Waals surface area (Å²) >= 11 is 6.22. The van der Waals surface area contributed by atoms with E-state index in [1.807, 2.05) is 24.3 Å². The minimum Gasteiger partial charge on any atom is -0.355 e. The number of piperidine rings is 1. The van der Waals surface area contributed by atoms with Gasteiger partial charge in [0.1, 0.15) is 0 Å². The van der Waals surface area contributed by atoms with Crippen LogP contribution in [-0.4, -0.2) is 37.0 Å². The van der Waals surface area contributed by atoms with Crippen molar-refractivity contribution in [1.82, 2.24) is 10.2 Å². The molecule has 0 radical (unpaired) electrons. The summed E-state index contributed by atoms with van der Waals surface area (Å²) in [4.78, 5) is 14.8. The lowest BCUT2D eigenvalue weighted by Gasteiger charge is -2.34. The number of amides is 1. The first-order chi connectivity index (χ1) is 11.0. The Morgan fingerprint density at radius 1 is 1.22 bits per heavy atom. The fourth-order valence-electron chi connectivity index (χ4n) is 4.05. The second-order valence-electron chi connectivity index (χ2n) is 7.47. The van der Waals surface area contributed by atoms with Gasteiger partial charge in [-0.2, -0.15) is 0 Å². The van der Waals surface area contributed by atoms with Crippen LogP contribution in [0.15, 0.2) is 24.3 Å². The largest absolute Gasteiger partial charge is 0.355 e. The van der Waals surface area contributed by atoms with Gasteiger partial charge in [-0.3, -0.25) is 4.79 Å². The summed E-state index contributed by atoms with van der Waals surface area (Å²) in [6, 6.07) is 7.87. The van der Waals surface area contributed by atoms with Crippen molar-refractivity contribution in [2.45, 2.75) is 32.6 Å². The van der Waals surface area contributed by atoms with E-state index in [4.69, 9.17) is 11.6 Å². The summed E-state index contributed by atoms with van der Waals surface area (Å²) in [7, 11) is 0. The van der Waals surface area contributed by atoms with E-state index in [9.17, 15) is 4.79 Å². The van der Waals surface area contributed by atoms with E-state index in [-0.39, 0.29) is 11.8 Å². The fourth-order valence-corrected chi connectivity index (χ4v) is 4.32. The molecule has 1 amide bonds. The first-order valence-electron chi connectivity index (χ1n) is 8.79. The quantitative estimate of drug-likeness (QED) is 0.893. The van der Waals surface area contributed by atoms with Crippen LogP contribution in [0.3, 0.4) is 0 Å². The van der Waals surface area contributed by atoms with Gasteiger partial charge >= 0.3 is 0 Å². The maximum Gasteiger partial charge on any atom is 0.223 e. The average Bonchev–Trinajstić information content (AvgIpc) is 3.27. The third kappa shape index (κ3) is 4.27. The number of carbonyl (C=O) groups is 1. The van der Waals surface area contributed by atoms with Crippen molar-refractivity contribution in [3.8, 4) is 0 Å². The van der Waals surface area contributed by atoms with Crippen molar-refractivity contribution in [3.63, 3.8) is 0 Å². The normalized spacial score (nSPS) is 30.9. The Morgan fingerprint density at radius 3 is 2.61 bits per heavy atom. The molecule has 126 valence electrons. The Labute approximate surface area is 144 Å². The third-order valence-corrected chi connectivity index (χ3v) is 5.45. The summed E-state index contributed by atoms with van der Waals surface area (Å²) in [5.41, 5.74) is 1.12. The van der Waals surface area contributed by atoms with E-state index in [1.165, 1.54) is 6.42 Å². The van der Waals surface area contributed by atoms with E-state index in [0.29, 0.717) is 5.92 Å². The lowest BCUT2D eigenvalue weighted by molar-refractivity contribution is -0.122. The molecule has 1 heterocycles. The van der Waals surface area contributed by atoms with Crippen LogP contribution in [0.2, 0.25) is 5.02 Å². The van der Waals surface area contributed by atoms with Crippen molar-refractivity contribution in [2.75, 3.05) is 26.2 Å². The Balaban J connectivity index is 1.42. The topological polar surface area (TPSA) is 32.3 Å². The van der Waals surface area contributed by atoms with Gasteiger partial charge in [0.15, 0.2) is 0 Å². The minimum atomic E-state index is 0.106. The number of likely N-dealkylation sites (tertiary alicyclic amines) is 1. The molecule has 1 aliphatic carbocycles. The predicted octanol–water partition coefficient (Wildman–Crippen LogP) is 3.54. The Morgan fingerprint density at radius 2 is 1.91 bits per heavy atom. The molecule has 1 aromatic rings. The van der Waals surface area contributed by atoms with Crippen molar-refractivity contribution in [1.29, 1.82) is 0 Å². The van der Waals surface area contributed by atoms with Gasteiger partial charge in [0.05, 0.1) is 0 Å². The summed E-state index contributed by atoms with van der Waals surface area (Å²) < 4.78 is 0. The van der Waals surface area contributed by atoms with Crippen LogP contribution < -0.4 is 5.32 Å². The molecule has 23 heavy (non-hydrogen) atoms. The number of nitrogens with zero attached hydrogens (tertiary/aromatic N) is 1. The highest BCUT2D eigenvalue weighted by atomic mass is 35.5. The van der Waals surface area contributed by atoms with E-state index < -0.39 is 0 Å². The van der Waals surface area contributed by atoms with Crippen LogP contribution in [0.25, 0.3) is 0 Å². The number of nitrogens with one attached hydrogen (secondary N) is 1. The number of hydrogen-bond donors (Lipinski definition) is 1. The number of hydrogen-bond acceptors (Lipinski definition) is 2. The molecule has 1 aromatic carbocycles. The SMILES string of the molecule is CC1CC(C)CN(CCNC(=O)C2CC2c2ccccc2Cl)C1. The van der Waals surface area contributed by atoms with Crippen LogP contribution in [0.1, 0.15) is 38.2 Å². The van der Waals surface area contributed by atoms with Crippen LogP contribution in [0.4, 0.5) is 0 Å². The number of rotatable bonds is 5. The van der Waals surface area contributed by atoms with Crippen molar-refractivity contribution in [2.24, 2.45) is 17.8 Å². The summed E-state index contributed by atoms with van der Waals surface area (Å²) in [6.07, 6.45) is 2.25. The molecule has 0 bridgehead atoms. The molecule has 4 heteroatoms. The molecule has 2 fully saturated rings. The summed E-state index contributed by atoms with van der Waals surface area (Å²) in [5, 5.41) is 3.90. The summed E-state index contributed by atoms with van der Waals surface area (Å²) in [5.74, 6) is 2.13. The second-order valence-corrected chi connectivity index (χ2v) is 7.87. The molecule has 1 aliphatic heterocycles. The first kappa shape index (κ1) is 16.8. The van der Waals surface area contributed by atoms with Crippen LogP contribution in [0, 0.1) is 17.8 Å². The van der Waals surface area contributed by atoms with Crippen molar-refractivity contribution < 1.29 is 4.79 Å². The maximum atomic E-state index is 12.3. The number of carbonyl (C=O) groups excluding carboxylic acids is 1. The fraction of sp³-hybridized carbons (Fsp3) is 0.632. The van der Waals surface area contributed by atoms with Gasteiger partial charge in [-0.15, -0.1) is 0 Å². The van der Waals surface area contributed by atoms with Gasteiger partial charge in [-0.1, -0.05) is 43.6 Å². The molecule has 1 N–H and O–H groups in total. The Kier molecular flexibility index (Phi) is 5.27. The number of benzene rings is 1.